The minimum atomic E-state index is -0.394. The third-order valence-electron chi connectivity index (χ3n) is 5.13. The number of hydrogen-bond donors (Lipinski definition) is 3. The minimum absolute atomic E-state index is 0.0287. The van der Waals surface area contributed by atoms with E-state index in [-0.39, 0.29) is 18.0 Å². The summed E-state index contributed by atoms with van der Waals surface area (Å²) in [5.74, 6) is 0.742. The lowest BCUT2D eigenvalue weighted by molar-refractivity contribution is 0.215. The van der Waals surface area contributed by atoms with Crippen LogP contribution in [0, 0.1) is 18.3 Å². The van der Waals surface area contributed by atoms with E-state index in [2.05, 4.69) is 26.5 Å². The molecule has 0 aliphatic heterocycles. The van der Waals surface area contributed by atoms with Gasteiger partial charge in [0, 0.05) is 35.3 Å². The van der Waals surface area contributed by atoms with Crippen molar-refractivity contribution < 1.29 is 5.11 Å². The monoisotopic (exact) mass is 393 g/mol. The molecule has 8 nitrogen and oxygen atoms in total. The van der Waals surface area contributed by atoms with E-state index in [1.165, 1.54) is 0 Å². The topological polar surface area (TPSA) is 125 Å². The number of nitrogens with two attached hydrogens (primary N) is 1. The summed E-state index contributed by atoms with van der Waals surface area (Å²) in [6.07, 6.45) is 1.43. The first kappa shape index (κ1) is 20.6. The van der Waals surface area contributed by atoms with Crippen molar-refractivity contribution in [2.24, 2.45) is 0 Å². The molecule has 4 N–H and O–H groups in total. The Morgan fingerprint density at radius 1 is 1.31 bits per heavy atom. The van der Waals surface area contributed by atoms with Crippen LogP contribution in [0.3, 0.4) is 0 Å². The summed E-state index contributed by atoms with van der Waals surface area (Å²) in [5, 5.41) is 26.8. The van der Waals surface area contributed by atoms with Crippen molar-refractivity contribution in [3.8, 4) is 6.07 Å². The van der Waals surface area contributed by atoms with Gasteiger partial charge in [-0.3, -0.25) is 4.98 Å². The third kappa shape index (κ3) is 3.87. The second-order valence-corrected chi connectivity index (χ2v) is 7.72. The number of nitrogens with one attached hydrogen (secondary N) is 1. The van der Waals surface area contributed by atoms with E-state index >= 15 is 0 Å². The van der Waals surface area contributed by atoms with Crippen molar-refractivity contribution in [2.75, 3.05) is 24.2 Å². The molecule has 3 heterocycles. The third-order valence-corrected chi connectivity index (χ3v) is 5.13. The Bertz CT molecular complexity index is 1080. The number of aliphatic hydroxyl groups is 1. The number of fused-ring (bicyclic) bond motifs is 1. The van der Waals surface area contributed by atoms with Crippen LogP contribution < -0.4 is 11.1 Å². The van der Waals surface area contributed by atoms with Crippen LogP contribution in [0.4, 0.5) is 11.6 Å². The van der Waals surface area contributed by atoms with Gasteiger partial charge in [-0.05, 0) is 25.5 Å². The second kappa shape index (κ2) is 8.05. The average Bonchev–Trinajstić information content (AvgIpc) is 3.04. The van der Waals surface area contributed by atoms with Crippen LogP contribution in [-0.2, 0) is 18.3 Å². The smallest absolute Gasteiger partial charge is 0.163 e. The molecule has 0 fully saturated rings. The van der Waals surface area contributed by atoms with Crippen LogP contribution in [0.2, 0.25) is 0 Å². The molecule has 152 valence electrons. The van der Waals surface area contributed by atoms with Crippen molar-refractivity contribution in [1.82, 2.24) is 19.6 Å². The maximum atomic E-state index is 9.57. The molecular formula is C21H27N7O. The van der Waals surface area contributed by atoms with E-state index in [1.807, 2.05) is 45.9 Å². The second-order valence-electron chi connectivity index (χ2n) is 7.72. The molecule has 3 aromatic rings. The number of anilines is 2. The van der Waals surface area contributed by atoms with E-state index in [1.54, 1.807) is 4.52 Å². The zero-order valence-electron chi connectivity index (χ0n) is 17.3. The van der Waals surface area contributed by atoms with Gasteiger partial charge < -0.3 is 16.2 Å². The molecule has 0 saturated carbocycles. The van der Waals surface area contributed by atoms with Gasteiger partial charge in [0.1, 0.15) is 23.3 Å². The summed E-state index contributed by atoms with van der Waals surface area (Å²) >= 11 is 0. The highest BCUT2D eigenvalue weighted by molar-refractivity contribution is 5.69. The first-order chi connectivity index (χ1) is 13.8. The fourth-order valence-electron chi connectivity index (χ4n) is 3.26. The van der Waals surface area contributed by atoms with E-state index in [0.29, 0.717) is 24.4 Å². The van der Waals surface area contributed by atoms with Crippen molar-refractivity contribution in [2.45, 2.75) is 46.0 Å². The van der Waals surface area contributed by atoms with Gasteiger partial charge in [-0.2, -0.15) is 14.9 Å². The summed E-state index contributed by atoms with van der Waals surface area (Å²) < 4.78 is 1.54. The Hall–Kier alpha value is -3.18. The number of nitriles is 1. The lowest BCUT2D eigenvalue weighted by atomic mass is 9.90. The molecule has 0 saturated heterocycles. The molecule has 0 amide bonds. The standard InChI is InChI=1S/C21H27N7O/c1-5-15-13(2)27-28-18(23)16(11-22)19(26-20(15)28)24-10-9-14-7-6-8-17(25-14)21(3,4)12-29/h6-8,29H,5,9-10,12,23H2,1-4H3,(H,24,26). The molecule has 0 bridgehead atoms. The first-order valence-electron chi connectivity index (χ1n) is 9.71. The Labute approximate surface area is 170 Å². The van der Waals surface area contributed by atoms with Crippen LogP contribution in [0.15, 0.2) is 18.2 Å². The normalized spacial score (nSPS) is 11.6. The largest absolute Gasteiger partial charge is 0.395 e. The summed E-state index contributed by atoms with van der Waals surface area (Å²) in [7, 11) is 0. The zero-order valence-corrected chi connectivity index (χ0v) is 17.3. The molecule has 0 atom stereocenters. The number of nitrogens with zero attached hydrogens (tertiary/aromatic N) is 5. The SMILES string of the molecule is CCc1c(C)nn2c(N)c(C#N)c(NCCc3cccc(C(C)(C)CO)n3)nc12. The van der Waals surface area contributed by atoms with E-state index < -0.39 is 5.41 Å². The Morgan fingerprint density at radius 3 is 2.72 bits per heavy atom. The zero-order chi connectivity index (χ0) is 21.2. The molecule has 3 aromatic heterocycles. The molecule has 29 heavy (non-hydrogen) atoms. The maximum Gasteiger partial charge on any atom is 0.163 e. The molecule has 0 aliphatic carbocycles. The minimum Gasteiger partial charge on any atom is -0.395 e. The Morgan fingerprint density at radius 2 is 2.07 bits per heavy atom. The number of aliphatic hydroxyl groups excluding tert-OH is 1. The molecule has 0 aliphatic rings. The lowest BCUT2D eigenvalue weighted by Gasteiger charge is -2.21. The molecule has 0 aromatic carbocycles. The quantitative estimate of drug-likeness (QED) is 0.563. The van der Waals surface area contributed by atoms with Gasteiger partial charge in [0.2, 0.25) is 0 Å². The lowest BCUT2D eigenvalue weighted by Crippen LogP contribution is -2.24. The maximum absolute atomic E-state index is 9.57. The number of aromatic nitrogens is 4. The van der Waals surface area contributed by atoms with E-state index in [9.17, 15) is 10.4 Å². The van der Waals surface area contributed by atoms with Crippen LogP contribution in [-0.4, -0.2) is 37.8 Å². The van der Waals surface area contributed by atoms with Crippen molar-refractivity contribution in [3.05, 3.63) is 46.4 Å². The predicted molar refractivity (Wildman–Crippen MR) is 113 cm³/mol. The highest BCUT2D eigenvalue weighted by atomic mass is 16.3. The number of aryl methyl sites for hydroxylation is 2. The molecule has 0 spiro atoms. The van der Waals surface area contributed by atoms with Gasteiger partial charge in [-0.25, -0.2) is 4.98 Å². The van der Waals surface area contributed by atoms with Gasteiger partial charge in [0.15, 0.2) is 5.65 Å². The summed E-state index contributed by atoms with van der Waals surface area (Å²) in [6.45, 7) is 8.44. The summed E-state index contributed by atoms with van der Waals surface area (Å²) in [6, 6.07) is 7.95. The van der Waals surface area contributed by atoms with Gasteiger partial charge in [0.05, 0.1) is 12.3 Å². The number of hydrogen-bond acceptors (Lipinski definition) is 7. The summed E-state index contributed by atoms with van der Waals surface area (Å²) in [4.78, 5) is 9.30. The number of rotatable bonds is 7. The first-order valence-corrected chi connectivity index (χ1v) is 9.71. The Balaban J connectivity index is 1.84. The molecule has 0 unspecified atom stereocenters. The van der Waals surface area contributed by atoms with Crippen LogP contribution in [0.5, 0.6) is 0 Å². The van der Waals surface area contributed by atoms with Crippen molar-refractivity contribution in [3.63, 3.8) is 0 Å². The number of nitrogen functional groups attached to an aromatic ring is 1. The molecule has 3 rings (SSSR count). The van der Waals surface area contributed by atoms with E-state index in [0.717, 1.165) is 29.1 Å². The number of pyridine rings is 1. The predicted octanol–water partition coefficient (Wildman–Crippen LogP) is 2.37. The fraction of sp³-hybridized carbons (Fsp3) is 0.429. The van der Waals surface area contributed by atoms with Crippen LogP contribution >= 0.6 is 0 Å². The van der Waals surface area contributed by atoms with Gasteiger partial charge in [0.25, 0.3) is 0 Å². The van der Waals surface area contributed by atoms with Crippen LogP contribution in [0.1, 0.15) is 49.0 Å². The molecule has 8 heteroatoms. The fourth-order valence-corrected chi connectivity index (χ4v) is 3.26. The highest BCUT2D eigenvalue weighted by Crippen LogP contribution is 2.25. The highest BCUT2D eigenvalue weighted by Gasteiger charge is 2.21. The van der Waals surface area contributed by atoms with Crippen molar-refractivity contribution >= 4 is 17.3 Å². The Kier molecular flexibility index (Phi) is 5.71. The molecule has 0 radical (unpaired) electrons. The van der Waals surface area contributed by atoms with Crippen molar-refractivity contribution in [1.29, 1.82) is 5.26 Å². The van der Waals surface area contributed by atoms with E-state index in [4.69, 9.17) is 5.73 Å². The average molecular weight is 393 g/mol. The molecular weight excluding hydrogens is 366 g/mol. The summed E-state index contributed by atoms with van der Waals surface area (Å²) in [5.41, 5.74) is 10.4. The van der Waals surface area contributed by atoms with Gasteiger partial charge >= 0.3 is 0 Å². The van der Waals surface area contributed by atoms with Crippen LogP contribution in [0.25, 0.3) is 5.65 Å². The van der Waals surface area contributed by atoms with Gasteiger partial charge in [-0.15, -0.1) is 0 Å². The van der Waals surface area contributed by atoms with Gasteiger partial charge in [-0.1, -0.05) is 26.8 Å².